The van der Waals surface area contributed by atoms with E-state index >= 15 is 0 Å². The number of amides is 2. The quantitative estimate of drug-likeness (QED) is 0.714. The zero-order valence-electron chi connectivity index (χ0n) is 13.2. The predicted molar refractivity (Wildman–Crippen MR) is 88.1 cm³/mol. The fourth-order valence-corrected chi connectivity index (χ4v) is 1.75. The van der Waals surface area contributed by atoms with E-state index < -0.39 is 17.9 Å². The molecule has 0 radical (unpaired) electrons. The van der Waals surface area contributed by atoms with Crippen molar-refractivity contribution >= 4 is 29.9 Å². The Bertz CT molecular complexity index is 598. The van der Waals surface area contributed by atoms with Gasteiger partial charge in [-0.15, -0.1) is 12.4 Å². The zero-order chi connectivity index (χ0) is 16.2. The highest BCUT2D eigenvalue weighted by Gasteiger charge is 2.17. The Morgan fingerprint density at radius 1 is 1.36 bits per heavy atom. The minimum Gasteiger partial charge on any atom is -0.346 e. The van der Waals surface area contributed by atoms with Gasteiger partial charge in [0.2, 0.25) is 11.8 Å². The van der Waals surface area contributed by atoms with Gasteiger partial charge in [0.15, 0.2) is 0 Å². The highest BCUT2D eigenvalue weighted by molar-refractivity contribution is 5.95. The minimum atomic E-state index is -0.662. The summed E-state index contributed by atoms with van der Waals surface area (Å²) in [6, 6.07) is 0.923. The molecule has 0 saturated heterocycles. The third-order valence-electron chi connectivity index (χ3n) is 3.04. The first-order valence-electron chi connectivity index (χ1n) is 6.72. The Balaban J connectivity index is 0.00000441. The van der Waals surface area contributed by atoms with Gasteiger partial charge in [0.25, 0.3) is 5.56 Å². The lowest BCUT2D eigenvalue weighted by atomic mass is 10.1. The maximum atomic E-state index is 11.8. The first kappa shape index (κ1) is 20.1. The fourth-order valence-electron chi connectivity index (χ4n) is 1.75. The van der Waals surface area contributed by atoms with Gasteiger partial charge in [0, 0.05) is 13.2 Å². The summed E-state index contributed by atoms with van der Waals surface area (Å²) in [5.41, 5.74) is 6.39. The number of rotatable bonds is 5. The number of carbonyl (C=O) groups excluding carboxylic acids is 2. The van der Waals surface area contributed by atoms with Crippen LogP contribution in [0.3, 0.4) is 0 Å². The number of nitrogens with one attached hydrogen (secondary N) is 2. The molecule has 1 aromatic heterocycles. The largest absolute Gasteiger partial charge is 0.346 e. The zero-order valence-corrected chi connectivity index (χ0v) is 14.0. The van der Waals surface area contributed by atoms with E-state index in [9.17, 15) is 14.4 Å². The third kappa shape index (κ3) is 5.50. The molecule has 0 aliphatic heterocycles. The van der Waals surface area contributed by atoms with Gasteiger partial charge in [-0.25, -0.2) is 0 Å². The van der Waals surface area contributed by atoms with Crippen LogP contribution in [0.4, 0.5) is 5.69 Å². The summed E-state index contributed by atoms with van der Waals surface area (Å²) >= 11 is 0. The van der Waals surface area contributed by atoms with Crippen LogP contribution in [0.1, 0.15) is 19.4 Å². The van der Waals surface area contributed by atoms with Gasteiger partial charge in [-0.2, -0.15) is 0 Å². The molecule has 0 aliphatic carbocycles. The summed E-state index contributed by atoms with van der Waals surface area (Å²) < 4.78 is 1.39. The highest BCUT2D eigenvalue weighted by Crippen LogP contribution is 2.03. The summed E-state index contributed by atoms with van der Waals surface area (Å²) in [7, 11) is 1.61. The van der Waals surface area contributed by atoms with E-state index in [4.69, 9.17) is 5.73 Å². The van der Waals surface area contributed by atoms with Crippen molar-refractivity contribution in [2.45, 2.75) is 26.8 Å². The fraction of sp³-hybridized carbons (Fsp3) is 0.500. The van der Waals surface area contributed by atoms with Crippen molar-refractivity contribution in [3.05, 3.63) is 28.2 Å². The Hall–Kier alpha value is -1.86. The molecule has 22 heavy (non-hydrogen) atoms. The predicted octanol–water partition coefficient (Wildman–Crippen LogP) is 0.154. The monoisotopic (exact) mass is 330 g/mol. The van der Waals surface area contributed by atoms with Crippen molar-refractivity contribution in [2.24, 2.45) is 18.7 Å². The molecule has 0 aromatic carbocycles. The number of carbonyl (C=O) groups is 2. The molecular weight excluding hydrogens is 308 g/mol. The number of aryl methyl sites for hydroxylation is 2. The Kier molecular flexibility index (Phi) is 7.83. The molecule has 0 spiro atoms. The third-order valence-corrected chi connectivity index (χ3v) is 3.04. The van der Waals surface area contributed by atoms with Gasteiger partial charge < -0.3 is 20.9 Å². The molecule has 8 heteroatoms. The molecule has 7 nitrogen and oxygen atoms in total. The van der Waals surface area contributed by atoms with E-state index in [-0.39, 0.29) is 36.1 Å². The van der Waals surface area contributed by atoms with E-state index in [2.05, 4.69) is 10.6 Å². The Morgan fingerprint density at radius 2 is 1.95 bits per heavy atom. The molecule has 0 unspecified atom stereocenters. The van der Waals surface area contributed by atoms with Crippen LogP contribution in [0.25, 0.3) is 0 Å². The van der Waals surface area contributed by atoms with Crippen molar-refractivity contribution in [1.29, 1.82) is 0 Å². The summed E-state index contributed by atoms with van der Waals surface area (Å²) in [4.78, 5) is 35.2. The van der Waals surface area contributed by atoms with E-state index in [1.807, 2.05) is 20.8 Å². The number of anilines is 1. The van der Waals surface area contributed by atoms with Crippen LogP contribution in [0.5, 0.6) is 0 Å². The van der Waals surface area contributed by atoms with Crippen LogP contribution < -0.4 is 21.9 Å². The first-order valence-corrected chi connectivity index (χ1v) is 6.72. The lowest BCUT2D eigenvalue weighted by Gasteiger charge is -2.15. The van der Waals surface area contributed by atoms with Crippen LogP contribution in [-0.2, 0) is 16.6 Å². The van der Waals surface area contributed by atoms with Gasteiger partial charge in [-0.1, -0.05) is 13.8 Å². The molecule has 0 saturated carbocycles. The molecule has 1 aromatic rings. The summed E-state index contributed by atoms with van der Waals surface area (Å²) in [5, 5.41) is 4.94. The molecule has 4 N–H and O–H groups in total. The van der Waals surface area contributed by atoms with E-state index in [1.165, 1.54) is 4.57 Å². The first-order chi connectivity index (χ1) is 9.72. The summed E-state index contributed by atoms with van der Waals surface area (Å²) in [5.74, 6) is -0.878. The number of hydrogen-bond acceptors (Lipinski definition) is 4. The smallest absolute Gasteiger partial charge is 0.274 e. The minimum absolute atomic E-state index is 0. The number of halogens is 1. The van der Waals surface area contributed by atoms with E-state index in [1.54, 1.807) is 19.3 Å². The van der Waals surface area contributed by atoms with Crippen LogP contribution in [0.2, 0.25) is 0 Å². The van der Waals surface area contributed by atoms with E-state index in [0.717, 1.165) is 5.56 Å². The number of nitrogens with zero attached hydrogens (tertiary/aromatic N) is 1. The van der Waals surface area contributed by atoms with Crippen LogP contribution in [-0.4, -0.2) is 29.0 Å². The molecule has 124 valence electrons. The second-order valence-corrected chi connectivity index (χ2v) is 5.38. The summed E-state index contributed by atoms with van der Waals surface area (Å²) in [6.45, 7) is 5.23. The van der Waals surface area contributed by atoms with Gasteiger partial charge in [-0.05, 0) is 24.5 Å². The average molecular weight is 331 g/mol. The lowest BCUT2D eigenvalue weighted by molar-refractivity contribution is -0.125. The average Bonchev–Trinajstić information content (AvgIpc) is 2.40. The highest BCUT2D eigenvalue weighted by atomic mass is 35.5. The molecule has 0 bridgehead atoms. The Morgan fingerprint density at radius 3 is 2.50 bits per heavy atom. The van der Waals surface area contributed by atoms with Gasteiger partial charge in [-0.3, -0.25) is 14.4 Å². The number of pyridine rings is 1. The van der Waals surface area contributed by atoms with Crippen LogP contribution >= 0.6 is 12.4 Å². The maximum absolute atomic E-state index is 11.8. The number of hydrogen-bond donors (Lipinski definition) is 3. The van der Waals surface area contributed by atoms with Crippen molar-refractivity contribution in [2.75, 3.05) is 11.9 Å². The SMILES string of the molecule is Cc1cc(NC(=O)CNC(=O)[C@@H](N)C(C)C)c(=O)n(C)c1.Cl. The molecule has 1 atom stereocenters. The normalized spacial score (nSPS) is 11.5. The topological polar surface area (TPSA) is 106 Å². The second kappa shape index (κ2) is 8.55. The number of nitrogens with two attached hydrogens (primary N) is 1. The molecule has 2 amide bonds. The summed E-state index contributed by atoms with van der Waals surface area (Å²) in [6.07, 6.45) is 1.67. The molecular formula is C14H23ClN4O3. The number of aromatic nitrogens is 1. The van der Waals surface area contributed by atoms with Crippen molar-refractivity contribution in [3.8, 4) is 0 Å². The van der Waals surface area contributed by atoms with Gasteiger partial charge >= 0.3 is 0 Å². The molecule has 1 heterocycles. The van der Waals surface area contributed by atoms with Crippen molar-refractivity contribution in [1.82, 2.24) is 9.88 Å². The van der Waals surface area contributed by atoms with Crippen LogP contribution in [0.15, 0.2) is 17.1 Å². The van der Waals surface area contributed by atoms with Gasteiger partial charge in [0.1, 0.15) is 5.69 Å². The van der Waals surface area contributed by atoms with E-state index in [0.29, 0.717) is 0 Å². The molecule has 0 aliphatic rings. The molecule has 0 fully saturated rings. The van der Waals surface area contributed by atoms with Gasteiger partial charge in [0.05, 0.1) is 12.6 Å². The van der Waals surface area contributed by atoms with Crippen molar-refractivity contribution < 1.29 is 9.59 Å². The van der Waals surface area contributed by atoms with Crippen molar-refractivity contribution in [3.63, 3.8) is 0 Å². The lowest BCUT2D eigenvalue weighted by Crippen LogP contribution is -2.46. The van der Waals surface area contributed by atoms with Crippen LogP contribution in [0, 0.1) is 12.8 Å². The standard InChI is InChI=1S/C14H22N4O3.ClH/c1-8(2)12(15)13(20)16-6-11(19)17-10-5-9(3)7-18(4)14(10)21;/h5,7-8,12H,6,15H2,1-4H3,(H,16,20)(H,17,19);1H/t12-;/m0./s1. The Labute approximate surface area is 135 Å². The molecule has 1 rings (SSSR count). The maximum Gasteiger partial charge on any atom is 0.274 e. The second-order valence-electron chi connectivity index (χ2n) is 5.38.